The lowest BCUT2D eigenvalue weighted by Gasteiger charge is -2.21. The van der Waals surface area contributed by atoms with E-state index in [4.69, 9.17) is 32.3 Å². The number of phosphoric ester groups is 2. The summed E-state index contributed by atoms with van der Waals surface area (Å²) in [7, 11) is -9.81. The van der Waals surface area contributed by atoms with E-state index in [1.54, 1.807) is 0 Å². The van der Waals surface area contributed by atoms with Crippen LogP contribution in [0.3, 0.4) is 0 Å². The molecule has 0 aromatic rings. The maximum atomic E-state index is 12.9. The van der Waals surface area contributed by atoms with Crippen LogP contribution >= 0.6 is 15.6 Å². The number of hydrogen-bond donors (Lipinski definition) is 4. The van der Waals surface area contributed by atoms with Crippen molar-refractivity contribution in [2.75, 3.05) is 39.6 Å². The highest BCUT2D eigenvalue weighted by Gasteiger charge is 2.29. The van der Waals surface area contributed by atoms with Crippen molar-refractivity contribution in [3.8, 4) is 0 Å². The van der Waals surface area contributed by atoms with Gasteiger partial charge in [0, 0.05) is 19.3 Å². The molecule has 95 heavy (non-hydrogen) atoms. The third kappa shape index (κ3) is 70.6. The number of allylic oxidation sites excluding steroid dienone is 24. The minimum absolute atomic E-state index is 0.0761. The lowest BCUT2D eigenvalue weighted by Crippen LogP contribution is -2.30. The number of unbranched alkanes of at least 4 members (excludes halogenated alkanes) is 20. The van der Waals surface area contributed by atoms with Gasteiger partial charge in [-0.25, -0.2) is 9.13 Å². The summed E-state index contributed by atoms with van der Waals surface area (Å²) in [5, 5.41) is 20.6. The predicted molar refractivity (Wildman–Crippen MR) is 389 cm³/mol. The Kier molecular flexibility index (Phi) is 66.0. The second kappa shape index (κ2) is 69.3. The number of aliphatic hydroxyl groups excluding tert-OH is 2. The van der Waals surface area contributed by atoms with Crippen LogP contribution in [-0.4, -0.2) is 95.9 Å². The summed E-state index contributed by atoms with van der Waals surface area (Å²) in [4.78, 5) is 58.5. The van der Waals surface area contributed by atoms with Gasteiger partial charge in [0.05, 0.1) is 26.4 Å². The molecule has 0 radical (unpaired) electrons. The zero-order valence-corrected chi connectivity index (χ0v) is 60.6. The van der Waals surface area contributed by atoms with Crippen LogP contribution in [0.15, 0.2) is 146 Å². The van der Waals surface area contributed by atoms with Gasteiger partial charge in [-0.3, -0.25) is 32.5 Å². The fourth-order valence-corrected chi connectivity index (χ4v) is 10.7. The van der Waals surface area contributed by atoms with Crippen LogP contribution in [0.4, 0.5) is 0 Å². The van der Waals surface area contributed by atoms with E-state index < -0.39 is 91.5 Å². The van der Waals surface area contributed by atoms with Gasteiger partial charge in [0.1, 0.15) is 25.4 Å². The van der Waals surface area contributed by atoms with Crippen LogP contribution in [0.2, 0.25) is 0 Å². The van der Waals surface area contributed by atoms with Crippen LogP contribution in [0, 0.1) is 0 Å². The summed E-state index contributed by atoms with van der Waals surface area (Å²) in [6.45, 7) is 2.32. The smallest absolute Gasteiger partial charge is 0.463 e. The number of carbonyl (C=O) groups excluding carboxylic acids is 3. The largest absolute Gasteiger partial charge is 0.472 e. The van der Waals surface area contributed by atoms with Gasteiger partial charge < -0.3 is 34.2 Å². The van der Waals surface area contributed by atoms with Crippen molar-refractivity contribution in [1.29, 1.82) is 0 Å². The topological polar surface area (TPSA) is 231 Å². The van der Waals surface area contributed by atoms with Gasteiger partial charge in [-0.2, -0.15) is 0 Å². The lowest BCUT2D eigenvalue weighted by atomic mass is 10.1. The molecule has 0 amide bonds. The molecule has 5 unspecified atom stereocenters. The average Bonchev–Trinajstić information content (AvgIpc) is 2.06. The van der Waals surface area contributed by atoms with E-state index in [-0.39, 0.29) is 19.3 Å². The van der Waals surface area contributed by atoms with Crippen LogP contribution in [0.1, 0.15) is 265 Å². The molecule has 0 aliphatic rings. The Labute approximate surface area is 575 Å². The molecule has 0 aliphatic carbocycles. The van der Waals surface area contributed by atoms with Crippen LogP contribution in [0.5, 0.6) is 0 Å². The molecule has 0 heterocycles. The van der Waals surface area contributed by atoms with E-state index in [0.29, 0.717) is 25.7 Å². The summed E-state index contributed by atoms with van der Waals surface area (Å²) in [6, 6.07) is 0. The predicted octanol–water partition coefficient (Wildman–Crippen LogP) is 20.5. The Balaban J connectivity index is 4.66. The van der Waals surface area contributed by atoms with Crippen molar-refractivity contribution >= 4 is 33.6 Å². The van der Waals surface area contributed by atoms with Gasteiger partial charge >= 0.3 is 33.6 Å². The SMILES string of the molecule is CC/C=C\C/C=C\C/C=C\C/C=C\C/C=C\CCCC(=O)OCC(COP(=O)(O)OCC(O)COP(=O)(O)OCC(O)COC(=O)CCCCCCCCCCC/C=C\C/C=C\C/C=C\C/C=C\CCCCC)OC(=O)CCCCCCCCC/C=C\C/C=C\C/C=C\CC. The molecule has 0 fully saturated rings. The van der Waals surface area contributed by atoms with Gasteiger partial charge in [-0.05, 0) is 135 Å². The molecule has 5 atom stereocenters. The molecule has 4 N–H and O–H groups in total. The monoisotopic (exact) mass is 1370 g/mol. The van der Waals surface area contributed by atoms with E-state index in [2.05, 4.69) is 154 Å². The minimum Gasteiger partial charge on any atom is -0.463 e. The Bertz CT molecular complexity index is 2310. The Morgan fingerprint density at radius 1 is 0.305 bits per heavy atom. The van der Waals surface area contributed by atoms with Crippen molar-refractivity contribution in [3.63, 3.8) is 0 Å². The standard InChI is InChI=1S/C77H128O16P2/c1-4-7-10-13-16-19-22-25-28-31-32-33-34-35-36-37-38-41-43-45-48-51-54-57-60-63-75(80)87-66-72(78)67-89-94(83,84)90-68-73(79)69-91-95(85,86)92-71-74(93-77(82)65-62-59-56-53-50-47-44-40-30-27-24-21-18-15-12-9-6-3)70-88-76(81)64-61-58-55-52-49-46-42-39-29-26-23-20-17-14-11-8-5-2/h8-9,11-12,16-21,25-30,32-33,35-36,42,46,52,55,72-74,78-79H,4-7,10,13-15,22-24,31,34,37-41,43-45,47-51,53-54,56-71H2,1-3H3,(H,83,84)(H,85,86)/b11-8-,12-9-,19-16-,20-17-,21-18-,28-25-,29-26-,30-27-,33-32-,36-35-,46-42-,55-52-. The first-order valence-electron chi connectivity index (χ1n) is 36.1. The second-order valence-corrected chi connectivity index (χ2v) is 26.5. The van der Waals surface area contributed by atoms with Gasteiger partial charge in [-0.15, -0.1) is 0 Å². The summed E-state index contributed by atoms with van der Waals surface area (Å²) in [6.07, 6.45) is 83.3. The molecule has 0 rings (SSSR count). The number of hydrogen-bond acceptors (Lipinski definition) is 14. The highest BCUT2D eigenvalue weighted by molar-refractivity contribution is 7.47. The Morgan fingerprint density at radius 3 is 0.926 bits per heavy atom. The van der Waals surface area contributed by atoms with E-state index in [1.165, 1.54) is 51.4 Å². The minimum atomic E-state index is -4.95. The van der Waals surface area contributed by atoms with Crippen LogP contribution in [0.25, 0.3) is 0 Å². The first-order valence-corrected chi connectivity index (χ1v) is 39.1. The summed E-state index contributed by atoms with van der Waals surface area (Å²) >= 11 is 0. The van der Waals surface area contributed by atoms with Crippen molar-refractivity contribution in [2.24, 2.45) is 0 Å². The van der Waals surface area contributed by atoms with Gasteiger partial charge in [0.15, 0.2) is 6.10 Å². The van der Waals surface area contributed by atoms with Gasteiger partial charge in [0.25, 0.3) is 0 Å². The molecule has 0 saturated heterocycles. The second-order valence-electron chi connectivity index (χ2n) is 23.6. The molecule has 0 aromatic heterocycles. The molecular formula is C77H128O16P2. The van der Waals surface area contributed by atoms with Crippen LogP contribution < -0.4 is 0 Å². The third-order valence-corrected chi connectivity index (χ3v) is 16.4. The molecule has 0 saturated carbocycles. The van der Waals surface area contributed by atoms with Gasteiger partial charge in [-0.1, -0.05) is 256 Å². The van der Waals surface area contributed by atoms with Crippen molar-refractivity contribution in [3.05, 3.63) is 146 Å². The molecule has 0 spiro atoms. The summed E-state index contributed by atoms with van der Waals surface area (Å²) < 4.78 is 60.9. The van der Waals surface area contributed by atoms with Crippen molar-refractivity contribution < 1.29 is 75.8 Å². The molecule has 0 bridgehead atoms. The van der Waals surface area contributed by atoms with E-state index in [1.807, 2.05) is 12.2 Å². The summed E-state index contributed by atoms with van der Waals surface area (Å²) in [5.74, 6) is -1.67. The molecular weight excluding hydrogens is 1240 g/mol. The molecule has 0 aromatic carbocycles. The number of phosphoric acid groups is 2. The average molecular weight is 1370 g/mol. The number of ether oxygens (including phenoxy) is 3. The Morgan fingerprint density at radius 2 is 0.568 bits per heavy atom. The number of rotatable bonds is 67. The fraction of sp³-hybridized carbons (Fsp3) is 0.649. The maximum Gasteiger partial charge on any atom is 0.472 e. The first-order chi connectivity index (χ1) is 46.2. The maximum absolute atomic E-state index is 12.9. The number of esters is 3. The van der Waals surface area contributed by atoms with E-state index in [0.717, 1.165) is 148 Å². The first kappa shape index (κ1) is 90.4. The number of carbonyl (C=O) groups is 3. The number of aliphatic hydroxyl groups is 2. The molecule has 0 aliphatic heterocycles. The fourth-order valence-electron chi connectivity index (χ4n) is 9.07. The van der Waals surface area contributed by atoms with Crippen LogP contribution in [-0.2, 0) is 55.8 Å². The van der Waals surface area contributed by atoms with Crippen molar-refractivity contribution in [2.45, 2.75) is 283 Å². The molecule has 16 nitrogen and oxygen atoms in total. The van der Waals surface area contributed by atoms with E-state index >= 15 is 0 Å². The molecule has 18 heteroatoms. The van der Waals surface area contributed by atoms with Crippen molar-refractivity contribution in [1.82, 2.24) is 0 Å². The highest BCUT2D eigenvalue weighted by atomic mass is 31.2. The Hall–Kier alpha value is -4.57. The normalized spacial score (nSPS) is 15.0. The summed E-state index contributed by atoms with van der Waals surface area (Å²) in [5.41, 5.74) is 0. The third-order valence-electron chi connectivity index (χ3n) is 14.5. The quantitative estimate of drug-likeness (QED) is 0.0146. The zero-order chi connectivity index (χ0) is 69.5. The van der Waals surface area contributed by atoms with E-state index in [9.17, 15) is 43.5 Å². The lowest BCUT2D eigenvalue weighted by molar-refractivity contribution is -0.161. The zero-order valence-electron chi connectivity index (χ0n) is 58.8. The molecule has 542 valence electrons. The highest BCUT2D eigenvalue weighted by Crippen LogP contribution is 2.45. The van der Waals surface area contributed by atoms with Gasteiger partial charge in [0.2, 0.25) is 0 Å².